The van der Waals surface area contributed by atoms with Crippen LogP contribution in [0.15, 0.2) is 27.8 Å². The van der Waals surface area contributed by atoms with E-state index >= 15 is 0 Å². The van der Waals surface area contributed by atoms with Crippen LogP contribution in [0.3, 0.4) is 0 Å². The molecule has 158 valence electrons. The van der Waals surface area contributed by atoms with E-state index in [-0.39, 0.29) is 24.0 Å². The molecule has 8 nitrogen and oxygen atoms in total. The Kier molecular flexibility index (Phi) is 7.16. The molecule has 11 heteroatoms. The fraction of sp³-hybridized carbons (Fsp3) is 0.263. The number of thioether (sulfide) groups is 1. The number of phenolic OH excluding ortho intramolecular Hbond substituents is 1. The number of carbonyl (C=O) groups excluding carboxylic acids is 2. The predicted molar refractivity (Wildman–Crippen MR) is 120 cm³/mol. The summed E-state index contributed by atoms with van der Waals surface area (Å²) in [5.74, 6) is -0.220. The van der Waals surface area contributed by atoms with Gasteiger partial charge in [0.05, 0.1) is 23.5 Å². The molecule has 3 rings (SSSR count). The van der Waals surface area contributed by atoms with E-state index in [0.29, 0.717) is 27.1 Å². The van der Waals surface area contributed by atoms with E-state index in [1.54, 1.807) is 25.1 Å². The van der Waals surface area contributed by atoms with Crippen LogP contribution in [0.5, 0.6) is 5.75 Å². The van der Waals surface area contributed by atoms with Gasteiger partial charge in [0.1, 0.15) is 10.8 Å². The zero-order valence-corrected chi connectivity index (χ0v) is 19.6. The summed E-state index contributed by atoms with van der Waals surface area (Å²) in [6.45, 7) is 5.71. The predicted octanol–water partition coefficient (Wildman–Crippen LogP) is 4.53. The lowest BCUT2D eigenvalue weighted by atomic mass is 10.1. The molecule has 1 amide bonds. The zero-order valence-electron chi connectivity index (χ0n) is 16.4. The van der Waals surface area contributed by atoms with Gasteiger partial charge in [-0.15, -0.1) is 16.4 Å². The van der Waals surface area contributed by atoms with Crippen LogP contribution in [0.1, 0.15) is 27.7 Å². The molecule has 0 aliphatic carbocycles. The Balaban J connectivity index is 1.66. The molecule has 3 aromatic rings. The maximum absolute atomic E-state index is 12.4. The normalized spacial score (nSPS) is 10.8. The molecule has 0 aliphatic rings. The Morgan fingerprint density at radius 3 is 2.87 bits per heavy atom. The van der Waals surface area contributed by atoms with Crippen LogP contribution in [0.25, 0.3) is 11.4 Å². The second-order valence-corrected chi connectivity index (χ2v) is 9.26. The van der Waals surface area contributed by atoms with Gasteiger partial charge in [-0.2, -0.15) is 0 Å². The van der Waals surface area contributed by atoms with E-state index in [0.717, 1.165) is 26.7 Å². The minimum Gasteiger partial charge on any atom is -0.507 e. The lowest BCUT2D eigenvalue weighted by Gasteiger charge is -2.06. The van der Waals surface area contributed by atoms with Gasteiger partial charge in [0.25, 0.3) is 0 Å². The van der Waals surface area contributed by atoms with E-state index in [1.165, 1.54) is 11.3 Å². The highest BCUT2D eigenvalue weighted by molar-refractivity contribution is 9.10. The first kappa shape index (κ1) is 22.3. The molecule has 0 atom stereocenters. The average molecular weight is 511 g/mol. The van der Waals surface area contributed by atoms with Crippen molar-refractivity contribution in [3.05, 3.63) is 38.7 Å². The van der Waals surface area contributed by atoms with Gasteiger partial charge in [0.2, 0.25) is 11.1 Å². The van der Waals surface area contributed by atoms with E-state index in [4.69, 9.17) is 4.74 Å². The second kappa shape index (κ2) is 9.63. The minimum atomic E-state index is -0.449. The van der Waals surface area contributed by atoms with Crippen LogP contribution in [-0.4, -0.2) is 44.5 Å². The quantitative estimate of drug-likeness (QED) is 0.315. The topological polar surface area (TPSA) is 117 Å². The summed E-state index contributed by atoms with van der Waals surface area (Å²) in [5, 5.41) is 20.5. The summed E-state index contributed by atoms with van der Waals surface area (Å²) >= 11 is 5.83. The largest absolute Gasteiger partial charge is 0.507 e. The molecular weight excluding hydrogens is 492 g/mol. The van der Waals surface area contributed by atoms with Gasteiger partial charge in [0.15, 0.2) is 5.82 Å². The first-order valence-electron chi connectivity index (χ1n) is 8.91. The number of aromatic amines is 1. The number of esters is 1. The van der Waals surface area contributed by atoms with Crippen molar-refractivity contribution in [2.45, 2.75) is 25.9 Å². The molecule has 0 spiro atoms. The van der Waals surface area contributed by atoms with Crippen molar-refractivity contribution in [3.63, 3.8) is 0 Å². The highest BCUT2D eigenvalue weighted by atomic mass is 79.9. The first-order valence-corrected chi connectivity index (χ1v) is 11.5. The lowest BCUT2D eigenvalue weighted by Crippen LogP contribution is -2.16. The number of thiophene rings is 1. The number of halogens is 1. The van der Waals surface area contributed by atoms with E-state index < -0.39 is 5.97 Å². The number of rotatable bonds is 7. The number of nitrogens with zero attached hydrogens (tertiary/aromatic N) is 2. The number of aromatic hydroxyl groups is 1. The fourth-order valence-corrected chi connectivity index (χ4v) is 4.61. The van der Waals surface area contributed by atoms with E-state index in [1.807, 2.05) is 13.8 Å². The van der Waals surface area contributed by atoms with Gasteiger partial charge < -0.3 is 15.2 Å². The Bertz CT molecular complexity index is 1100. The first-order chi connectivity index (χ1) is 14.3. The zero-order chi connectivity index (χ0) is 21.8. The van der Waals surface area contributed by atoms with Gasteiger partial charge in [-0.3, -0.25) is 9.89 Å². The molecule has 2 heterocycles. The van der Waals surface area contributed by atoms with Crippen molar-refractivity contribution in [3.8, 4) is 17.1 Å². The lowest BCUT2D eigenvalue weighted by molar-refractivity contribution is -0.113. The summed E-state index contributed by atoms with van der Waals surface area (Å²) in [7, 11) is 0. The third-order valence-corrected chi connectivity index (χ3v) is 6.59. The monoisotopic (exact) mass is 510 g/mol. The Labute approximate surface area is 189 Å². The Morgan fingerprint density at radius 2 is 2.13 bits per heavy atom. The van der Waals surface area contributed by atoms with Crippen LogP contribution in [-0.2, 0) is 9.53 Å². The highest BCUT2D eigenvalue weighted by Crippen LogP contribution is 2.33. The maximum atomic E-state index is 12.4. The third-order valence-electron chi connectivity index (χ3n) is 4.13. The van der Waals surface area contributed by atoms with Crippen molar-refractivity contribution < 1.29 is 19.4 Å². The number of anilines is 1. The van der Waals surface area contributed by atoms with Crippen molar-refractivity contribution in [2.75, 3.05) is 17.7 Å². The van der Waals surface area contributed by atoms with Gasteiger partial charge in [0, 0.05) is 9.35 Å². The molecule has 3 N–H and O–H groups in total. The molecular formula is C19H19BrN4O4S2. The summed E-state index contributed by atoms with van der Waals surface area (Å²) in [6.07, 6.45) is 0. The number of aromatic nitrogens is 3. The van der Waals surface area contributed by atoms with Crippen LogP contribution in [0.4, 0.5) is 5.00 Å². The number of carbonyl (C=O) groups is 2. The van der Waals surface area contributed by atoms with Crippen LogP contribution >= 0.6 is 39.0 Å². The molecule has 1 aromatic carbocycles. The molecule has 0 radical (unpaired) electrons. The SMILES string of the molecule is CCOC(=O)c1c(NC(=O)CSc2n[nH]c(-c3cc(Br)ccc3O)n2)sc(C)c1C. The second-order valence-electron chi connectivity index (χ2n) is 6.17. The molecule has 2 aromatic heterocycles. The van der Waals surface area contributed by atoms with Crippen LogP contribution in [0.2, 0.25) is 0 Å². The van der Waals surface area contributed by atoms with Crippen LogP contribution in [0, 0.1) is 13.8 Å². The Morgan fingerprint density at radius 1 is 1.37 bits per heavy atom. The number of amides is 1. The van der Waals surface area contributed by atoms with Gasteiger partial charge >= 0.3 is 5.97 Å². The van der Waals surface area contributed by atoms with Gasteiger partial charge in [-0.05, 0) is 44.5 Å². The van der Waals surface area contributed by atoms with E-state index in [2.05, 4.69) is 36.4 Å². The number of H-pyrrole nitrogens is 1. The number of phenols is 1. The molecule has 0 unspecified atom stereocenters. The molecule has 0 saturated heterocycles. The van der Waals surface area contributed by atoms with Crippen molar-refractivity contribution in [2.24, 2.45) is 0 Å². The number of hydrogen-bond acceptors (Lipinski definition) is 8. The number of ether oxygens (including phenoxy) is 1. The minimum absolute atomic E-state index is 0.0556. The standard InChI is InChI=1S/C19H19BrN4O4S2/c1-4-28-18(27)15-9(2)10(3)30-17(15)21-14(26)8-29-19-22-16(23-24-19)12-7-11(20)5-6-13(12)25/h5-7,25H,4,8H2,1-3H3,(H,21,26)(H,22,23,24). The summed E-state index contributed by atoms with van der Waals surface area (Å²) < 4.78 is 5.89. The molecule has 0 saturated carbocycles. The number of nitrogens with one attached hydrogen (secondary N) is 2. The fourth-order valence-electron chi connectivity index (χ4n) is 2.59. The smallest absolute Gasteiger partial charge is 0.341 e. The van der Waals surface area contributed by atoms with Crippen molar-refractivity contribution in [1.82, 2.24) is 15.2 Å². The van der Waals surface area contributed by atoms with E-state index in [9.17, 15) is 14.7 Å². The van der Waals surface area contributed by atoms with Crippen molar-refractivity contribution >= 4 is 55.9 Å². The number of aryl methyl sites for hydroxylation is 1. The van der Waals surface area contributed by atoms with Gasteiger partial charge in [-0.1, -0.05) is 27.7 Å². The third kappa shape index (κ3) is 5.02. The molecule has 0 aliphatic heterocycles. The summed E-state index contributed by atoms with van der Waals surface area (Å²) in [5.41, 5.74) is 1.69. The Hall–Kier alpha value is -2.37. The molecule has 0 bridgehead atoms. The average Bonchev–Trinajstić information content (AvgIpc) is 3.27. The van der Waals surface area contributed by atoms with Crippen LogP contribution < -0.4 is 5.32 Å². The summed E-state index contributed by atoms with van der Waals surface area (Å²) in [6, 6.07) is 4.98. The number of hydrogen-bond donors (Lipinski definition) is 3. The highest BCUT2D eigenvalue weighted by Gasteiger charge is 2.22. The molecule has 30 heavy (non-hydrogen) atoms. The van der Waals surface area contributed by atoms with Crippen molar-refractivity contribution in [1.29, 1.82) is 0 Å². The summed E-state index contributed by atoms with van der Waals surface area (Å²) in [4.78, 5) is 29.9. The molecule has 0 fully saturated rings. The number of benzene rings is 1. The maximum Gasteiger partial charge on any atom is 0.341 e. The van der Waals surface area contributed by atoms with Gasteiger partial charge in [-0.25, -0.2) is 9.78 Å².